The van der Waals surface area contributed by atoms with Crippen molar-refractivity contribution in [2.24, 2.45) is 0 Å². The lowest BCUT2D eigenvalue weighted by atomic mass is 9.93. The zero-order valence-electron chi connectivity index (χ0n) is 27.4. The molecule has 7 rings (SSSR count). The first-order valence-electron chi connectivity index (χ1n) is 16.5. The number of aromatic nitrogens is 2. The molecule has 0 radical (unpaired) electrons. The van der Waals surface area contributed by atoms with Crippen LogP contribution >= 0.6 is 11.3 Å². The van der Waals surface area contributed by atoms with Crippen LogP contribution < -0.4 is 15.4 Å². The molecule has 3 aliphatic heterocycles. The van der Waals surface area contributed by atoms with E-state index in [0.717, 1.165) is 30.7 Å². The van der Waals surface area contributed by atoms with Crippen molar-refractivity contribution in [1.29, 1.82) is 10.5 Å². The topological polar surface area (TPSA) is 135 Å². The van der Waals surface area contributed by atoms with E-state index in [1.54, 1.807) is 12.1 Å². The standard InChI is InChI=1S/C36H36F2N8O2S/c1-4-27-28(11-14-46(27)29(47)5-2)44(3)34-23-8-7-21(22-9-10-26(38)32-30(22)25(17-40)33(41)49-32)24(16-39)31(23)42-35(43-34)48-19-36-12-6-13-45(36)18-20(37)15-36/h5,7-10,20,27-28H,2,4,6,11-15,18-19,41H2,1,3H3/t20-,27+,28-,36+/m1/s1. The quantitative estimate of drug-likeness (QED) is 0.224. The number of thiophene rings is 1. The number of ether oxygens (including phenoxy) is 1. The van der Waals surface area contributed by atoms with Gasteiger partial charge in [0, 0.05) is 42.9 Å². The van der Waals surface area contributed by atoms with Gasteiger partial charge in [0.2, 0.25) is 5.91 Å². The molecule has 49 heavy (non-hydrogen) atoms. The first-order valence-corrected chi connectivity index (χ1v) is 17.3. The summed E-state index contributed by atoms with van der Waals surface area (Å²) in [6.07, 6.45) is 3.94. The van der Waals surface area contributed by atoms with Gasteiger partial charge in [-0.3, -0.25) is 9.69 Å². The Hall–Kier alpha value is -4.85. The van der Waals surface area contributed by atoms with Crippen LogP contribution in [-0.2, 0) is 4.79 Å². The van der Waals surface area contributed by atoms with Gasteiger partial charge in [-0.25, -0.2) is 8.78 Å². The monoisotopic (exact) mass is 682 g/mol. The third-order valence-electron chi connectivity index (χ3n) is 10.6. The summed E-state index contributed by atoms with van der Waals surface area (Å²) >= 11 is 0.991. The van der Waals surface area contributed by atoms with E-state index in [1.165, 1.54) is 12.1 Å². The van der Waals surface area contributed by atoms with E-state index < -0.39 is 17.5 Å². The number of alkyl halides is 1. The van der Waals surface area contributed by atoms with Crippen molar-refractivity contribution >= 4 is 49.1 Å². The van der Waals surface area contributed by atoms with Crippen molar-refractivity contribution in [3.8, 4) is 29.3 Å². The smallest absolute Gasteiger partial charge is 0.319 e. The van der Waals surface area contributed by atoms with Gasteiger partial charge in [-0.05, 0) is 56.0 Å². The number of fused-ring (bicyclic) bond motifs is 3. The van der Waals surface area contributed by atoms with E-state index in [9.17, 15) is 24.1 Å². The Morgan fingerprint density at radius 2 is 2.00 bits per heavy atom. The Morgan fingerprint density at radius 1 is 1.22 bits per heavy atom. The summed E-state index contributed by atoms with van der Waals surface area (Å²) in [4.78, 5) is 28.4. The van der Waals surface area contributed by atoms with Crippen LogP contribution in [0.25, 0.3) is 32.1 Å². The molecule has 0 bridgehead atoms. The largest absolute Gasteiger partial charge is 0.461 e. The average Bonchev–Trinajstić information content (AvgIpc) is 3.86. The summed E-state index contributed by atoms with van der Waals surface area (Å²) in [5, 5.41) is 21.8. The number of carbonyl (C=O) groups is 1. The van der Waals surface area contributed by atoms with E-state index in [2.05, 4.69) is 23.6 Å². The minimum absolute atomic E-state index is 0.0540. The number of likely N-dealkylation sites (tertiary alicyclic amines) is 1. The number of halogens is 2. The van der Waals surface area contributed by atoms with E-state index in [-0.39, 0.29) is 51.4 Å². The van der Waals surface area contributed by atoms with E-state index >= 15 is 0 Å². The second-order valence-corrected chi connectivity index (χ2v) is 14.2. The first kappa shape index (κ1) is 32.7. The number of nitrogens with two attached hydrogens (primary N) is 1. The van der Waals surface area contributed by atoms with E-state index in [0.29, 0.717) is 65.6 Å². The highest BCUT2D eigenvalue weighted by Crippen LogP contribution is 2.44. The van der Waals surface area contributed by atoms with Crippen LogP contribution in [0.4, 0.5) is 19.6 Å². The number of carbonyl (C=O) groups excluding carboxylic acids is 1. The molecular weight excluding hydrogens is 647 g/mol. The van der Waals surface area contributed by atoms with Crippen LogP contribution in [0.3, 0.4) is 0 Å². The number of anilines is 2. The molecule has 1 amide bonds. The lowest BCUT2D eigenvalue weighted by Crippen LogP contribution is -2.45. The zero-order chi connectivity index (χ0) is 34.6. The summed E-state index contributed by atoms with van der Waals surface area (Å²) in [7, 11) is 1.92. The van der Waals surface area contributed by atoms with Gasteiger partial charge in [0.25, 0.3) is 0 Å². The fourth-order valence-electron chi connectivity index (χ4n) is 8.33. The maximum absolute atomic E-state index is 15.0. The first-order chi connectivity index (χ1) is 23.6. The number of benzene rings is 2. The predicted molar refractivity (Wildman–Crippen MR) is 186 cm³/mol. The van der Waals surface area contributed by atoms with Crippen molar-refractivity contribution in [1.82, 2.24) is 19.8 Å². The molecule has 2 aromatic carbocycles. The van der Waals surface area contributed by atoms with Gasteiger partial charge in [0.1, 0.15) is 41.6 Å². The van der Waals surface area contributed by atoms with Crippen LogP contribution in [-0.4, -0.2) is 82.8 Å². The summed E-state index contributed by atoms with van der Waals surface area (Å²) in [6, 6.07) is 10.7. The molecule has 4 aromatic rings. The Labute approximate surface area is 287 Å². The lowest BCUT2D eigenvalue weighted by molar-refractivity contribution is -0.126. The predicted octanol–water partition coefficient (Wildman–Crippen LogP) is 5.93. The number of amides is 1. The van der Waals surface area contributed by atoms with E-state index in [4.69, 9.17) is 20.4 Å². The minimum Gasteiger partial charge on any atom is -0.461 e. The van der Waals surface area contributed by atoms with Gasteiger partial charge in [-0.15, -0.1) is 11.3 Å². The number of nitrogens with zero attached hydrogens (tertiary/aromatic N) is 7. The highest BCUT2D eigenvalue weighted by Gasteiger charge is 2.49. The molecule has 2 N–H and O–H groups in total. The molecule has 4 atom stereocenters. The maximum atomic E-state index is 15.0. The lowest BCUT2D eigenvalue weighted by Gasteiger charge is -2.34. The summed E-state index contributed by atoms with van der Waals surface area (Å²) in [5.41, 5.74) is 7.30. The summed E-state index contributed by atoms with van der Waals surface area (Å²) < 4.78 is 36.1. The Morgan fingerprint density at radius 3 is 2.73 bits per heavy atom. The van der Waals surface area contributed by atoms with E-state index in [1.807, 2.05) is 29.8 Å². The fourth-order valence-corrected chi connectivity index (χ4v) is 9.28. The second-order valence-electron chi connectivity index (χ2n) is 13.1. The van der Waals surface area contributed by atoms with Crippen LogP contribution in [0, 0.1) is 28.5 Å². The highest BCUT2D eigenvalue weighted by atomic mass is 32.1. The Balaban J connectivity index is 1.39. The van der Waals surface area contributed by atoms with Crippen molar-refractivity contribution in [3.05, 3.63) is 53.9 Å². The molecule has 0 spiro atoms. The highest BCUT2D eigenvalue weighted by molar-refractivity contribution is 7.23. The molecule has 5 heterocycles. The minimum atomic E-state index is -0.928. The second kappa shape index (κ2) is 12.6. The van der Waals surface area contributed by atoms with Gasteiger partial charge in [-0.1, -0.05) is 25.6 Å². The van der Waals surface area contributed by atoms with Crippen LogP contribution in [0.2, 0.25) is 0 Å². The zero-order valence-corrected chi connectivity index (χ0v) is 28.2. The van der Waals surface area contributed by atoms with Crippen molar-refractivity contribution in [2.45, 2.75) is 62.8 Å². The van der Waals surface area contributed by atoms with Crippen LogP contribution in [0.1, 0.15) is 50.2 Å². The average molecular weight is 683 g/mol. The van der Waals surface area contributed by atoms with Gasteiger partial charge in [0.05, 0.1) is 39.0 Å². The number of hydrogen-bond acceptors (Lipinski definition) is 10. The van der Waals surface area contributed by atoms with Gasteiger partial charge < -0.3 is 20.3 Å². The van der Waals surface area contributed by atoms with Gasteiger partial charge in [-0.2, -0.15) is 20.5 Å². The van der Waals surface area contributed by atoms with Gasteiger partial charge in [0.15, 0.2) is 0 Å². The molecule has 13 heteroatoms. The summed E-state index contributed by atoms with van der Waals surface area (Å²) in [5.74, 6) is -0.112. The Bertz CT molecular complexity index is 2090. The fraction of sp³-hybridized carbons (Fsp3) is 0.417. The van der Waals surface area contributed by atoms with Crippen molar-refractivity contribution < 1.29 is 18.3 Å². The van der Waals surface area contributed by atoms with Crippen LogP contribution in [0.5, 0.6) is 6.01 Å². The molecular formula is C36H36F2N8O2S. The molecule has 252 valence electrons. The number of nitriles is 2. The molecule has 2 aromatic heterocycles. The Kier molecular flexibility index (Phi) is 8.37. The number of likely N-dealkylation sites (N-methyl/N-ethyl adjacent to an activating group) is 1. The molecule has 3 saturated heterocycles. The van der Waals surface area contributed by atoms with Gasteiger partial charge >= 0.3 is 6.01 Å². The molecule has 0 aliphatic carbocycles. The third-order valence-corrected chi connectivity index (χ3v) is 11.6. The molecule has 10 nitrogen and oxygen atoms in total. The van der Waals surface area contributed by atoms with Crippen molar-refractivity contribution in [2.75, 3.05) is 43.9 Å². The van der Waals surface area contributed by atoms with Crippen molar-refractivity contribution in [3.63, 3.8) is 0 Å². The SMILES string of the molecule is C=CC(=O)N1CC[C@@H](N(C)c2nc(OC[C@@]34CCCN3C[C@H](F)C4)nc3c(C#N)c(-c4ccc(F)c5sc(N)c(C#N)c45)ccc23)[C@@H]1CC. The maximum Gasteiger partial charge on any atom is 0.319 e. The van der Waals surface area contributed by atoms with Crippen LogP contribution in [0.15, 0.2) is 36.9 Å². The number of nitrogen functional groups attached to an aromatic ring is 1. The summed E-state index contributed by atoms with van der Waals surface area (Å²) in [6.45, 7) is 7.66. The molecule has 3 aliphatic rings. The molecule has 0 unspecified atom stereocenters. The number of rotatable bonds is 8. The normalized spacial score (nSPS) is 23.5. The molecule has 3 fully saturated rings. The third kappa shape index (κ3) is 5.23. The number of hydrogen-bond donors (Lipinski definition) is 1. The molecule has 0 saturated carbocycles.